The van der Waals surface area contributed by atoms with Crippen molar-refractivity contribution in [1.82, 2.24) is 0 Å². The highest BCUT2D eigenvalue weighted by Gasteiger charge is 2.21. The second-order valence-corrected chi connectivity index (χ2v) is 12.1. The summed E-state index contributed by atoms with van der Waals surface area (Å²) < 4.78 is 15.1. The molecule has 0 nitrogen and oxygen atoms in total. The molecule has 108 valence electrons. The minimum absolute atomic E-state index is 1.43. The Morgan fingerprint density at radius 1 is 0.455 bits per heavy atom. The molecule has 0 bridgehead atoms. The molecule has 0 unspecified atom stereocenters. The highest BCUT2D eigenvalue weighted by Crippen LogP contribution is 2.55. The van der Waals surface area contributed by atoms with Gasteiger partial charge in [0.2, 0.25) is 0 Å². The molecule has 22 heavy (non-hydrogen) atoms. The molecule has 0 aliphatic heterocycles. The van der Waals surface area contributed by atoms with Gasteiger partial charge in [-0.3, -0.25) is 0 Å². The van der Waals surface area contributed by atoms with Gasteiger partial charge < -0.3 is 0 Å². The zero-order valence-electron chi connectivity index (χ0n) is 11.6. The van der Waals surface area contributed by atoms with Crippen molar-refractivity contribution < 1.29 is 0 Å². The monoisotopic (exact) mass is 392 g/mol. The Morgan fingerprint density at radius 2 is 0.818 bits per heavy atom. The topological polar surface area (TPSA) is 0 Å². The van der Waals surface area contributed by atoms with E-state index in [1.165, 1.54) is 56.8 Å². The molecule has 0 aliphatic carbocycles. The van der Waals surface area contributed by atoms with Crippen molar-refractivity contribution in [2.45, 2.75) is 13.8 Å². The normalized spacial score (nSPS) is 13.0. The molecule has 0 fully saturated rings. The smallest absolute Gasteiger partial charge is 0.0651 e. The van der Waals surface area contributed by atoms with E-state index in [4.69, 9.17) is 0 Å². The minimum Gasteiger partial charge on any atom is -0.138 e. The first-order valence-electron chi connectivity index (χ1n) is 6.85. The Morgan fingerprint density at radius 3 is 1.27 bits per heavy atom. The van der Waals surface area contributed by atoms with Gasteiger partial charge in [0.25, 0.3) is 0 Å². The Hall–Kier alpha value is -0.500. The van der Waals surface area contributed by atoms with Crippen molar-refractivity contribution in [2.24, 2.45) is 0 Å². The quantitative estimate of drug-likeness (QED) is 0.243. The zero-order valence-corrected chi connectivity index (χ0v) is 16.5. The average molecular weight is 393 g/mol. The van der Waals surface area contributed by atoms with Crippen LogP contribution in [0.15, 0.2) is 12.1 Å². The van der Waals surface area contributed by atoms with Gasteiger partial charge in [-0.1, -0.05) is 0 Å². The molecule has 0 N–H and O–H groups in total. The van der Waals surface area contributed by atoms with Crippen molar-refractivity contribution in [2.75, 3.05) is 0 Å². The van der Waals surface area contributed by atoms with E-state index in [1.807, 2.05) is 68.0 Å². The van der Waals surface area contributed by atoms with Gasteiger partial charge in [-0.2, -0.15) is 0 Å². The summed E-state index contributed by atoms with van der Waals surface area (Å²) in [4.78, 5) is 2.86. The molecule has 0 aliphatic rings. The zero-order chi connectivity index (χ0) is 14.6. The molecule has 0 spiro atoms. The van der Waals surface area contributed by atoms with Gasteiger partial charge in [0.05, 0.1) is 37.6 Å². The van der Waals surface area contributed by atoms with E-state index in [0.717, 1.165) is 0 Å². The fourth-order valence-corrected chi connectivity index (χ4v) is 11.7. The van der Waals surface area contributed by atoms with Crippen molar-refractivity contribution in [1.29, 1.82) is 0 Å². The van der Waals surface area contributed by atoms with E-state index in [9.17, 15) is 0 Å². The van der Waals surface area contributed by atoms with Crippen molar-refractivity contribution in [3.63, 3.8) is 0 Å². The maximum Gasteiger partial charge on any atom is 0.0651 e. The minimum atomic E-state index is 1.43. The van der Waals surface area contributed by atoms with E-state index < -0.39 is 0 Å². The summed E-state index contributed by atoms with van der Waals surface area (Å²) in [7, 11) is 0. The highest BCUT2D eigenvalue weighted by atomic mass is 32.1. The third kappa shape index (κ3) is 1.46. The Balaban J connectivity index is 1.84. The van der Waals surface area contributed by atoms with Gasteiger partial charge in [0.15, 0.2) is 0 Å². The first kappa shape index (κ1) is 12.9. The lowest BCUT2D eigenvalue weighted by Crippen LogP contribution is -1.47. The average Bonchev–Trinajstić information content (AvgIpc) is 3.19. The third-order valence-electron chi connectivity index (χ3n) is 3.92. The molecule has 0 atom stereocenters. The molecular weight excluding hydrogens is 385 g/mol. The van der Waals surface area contributed by atoms with Gasteiger partial charge in [-0.15, -0.1) is 68.0 Å². The van der Waals surface area contributed by atoms with Crippen LogP contribution >= 0.6 is 68.0 Å². The number of rotatable bonds is 0. The molecular formula is C16H8S6. The predicted octanol–water partition coefficient (Wildman–Crippen LogP) is 8.44. The van der Waals surface area contributed by atoms with Gasteiger partial charge in [-0.05, 0) is 26.0 Å². The first-order valence-corrected chi connectivity index (χ1v) is 11.8. The molecule has 0 saturated carbocycles. The van der Waals surface area contributed by atoms with E-state index in [2.05, 4.69) is 26.0 Å². The predicted molar refractivity (Wildman–Crippen MR) is 111 cm³/mol. The first-order chi connectivity index (χ1) is 10.7. The molecule has 6 aromatic heterocycles. The maximum atomic E-state index is 2.35. The van der Waals surface area contributed by atoms with E-state index >= 15 is 0 Å². The van der Waals surface area contributed by atoms with Gasteiger partial charge in [0.1, 0.15) is 0 Å². The van der Waals surface area contributed by atoms with Crippen LogP contribution in [-0.4, -0.2) is 0 Å². The number of hydrogen-bond acceptors (Lipinski definition) is 6. The van der Waals surface area contributed by atoms with Gasteiger partial charge in [-0.25, -0.2) is 0 Å². The Labute approximate surface area is 149 Å². The number of aryl methyl sites for hydroxylation is 2. The molecule has 0 aromatic carbocycles. The van der Waals surface area contributed by atoms with Crippen LogP contribution in [0.4, 0.5) is 0 Å². The Kier molecular flexibility index (Phi) is 2.41. The highest BCUT2D eigenvalue weighted by molar-refractivity contribution is 7.50. The lowest BCUT2D eigenvalue weighted by Gasteiger charge is -1.80. The lowest BCUT2D eigenvalue weighted by molar-refractivity contribution is 1.66. The van der Waals surface area contributed by atoms with Gasteiger partial charge in [0, 0.05) is 19.2 Å². The summed E-state index contributed by atoms with van der Waals surface area (Å²) in [6, 6.07) is 4.69. The molecule has 0 saturated heterocycles. The van der Waals surface area contributed by atoms with Crippen molar-refractivity contribution in [3.05, 3.63) is 21.9 Å². The summed E-state index contributed by atoms with van der Waals surface area (Å²) in [5.74, 6) is 0. The van der Waals surface area contributed by atoms with Gasteiger partial charge >= 0.3 is 0 Å². The summed E-state index contributed by atoms with van der Waals surface area (Å²) in [5, 5.41) is 0. The summed E-state index contributed by atoms with van der Waals surface area (Å²) in [6.45, 7) is 4.43. The molecule has 6 heteroatoms. The maximum absolute atomic E-state index is 2.35. The molecule has 0 amide bonds. The summed E-state index contributed by atoms with van der Waals surface area (Å²) in [5.41, 5.74) is 0. The van der Waals surface area contributed by atoms with Crippen molar-refractivity contribution in [3.8, 4) is 0 Å². The SMILES string of the molecule is Cc1cc2sc3c(sc4c5sc6cc(C)sc6c5sc34)c2s1. The lowest BCUT2D eigenvalue weighted by atomic mass is 10.4. The molecule has 6 aromatic rings. The van der Waals surface area contributed by atoms with Crippen LogP contribution in [0.25, 0.3) is 47.0 Å². The number of fused-ring (bicyclic) bond motifs is 9. The van der Waals surface area contributed by atoms with Crippen LogP contribution in [0, 0.1) is 13.8 Å². The van der Waals surface area contributed by atoms with Crippen LogP contribution in [-0.2, 0) is 0 Å². The Bertz CT molecular complexity index is 1230. The largest absolute Gasteiger partial charge is 0.138 e. The van der Waals surface area contributed by atoms with E-state index in [0.29, 0.717) is 0 Å². The molecule has 6 heterocycles. The molecule has 6 rings (SSSR count). The van der Waals surface area contributed by atoms with Crippen LogP contribution in [0.1, 0.15) is 9.75 Å². The van der Waals surface area contributed by atoms with Crippen LogP contribution < -0.4 is 0 Å². The standard InChI is InChI=1S/C16H8S6/c1-5-3-7-9(17-5)11-13(19-7)15-16(21-11)14-12(22-15)10-8(20-14)4-6(2)18-10/h3-4H,1-2H3. The van der Waals surface area contributed by atoms with Crippen LogP contribution in [0.2, 0.25) is 0 Å². The van der Waals surface area contributed by atoms with Crippen LogP contribution in [0.3, 0.4) is 0 Å². The van der Waals surface area contributed by atoms with E-state index in [1.54, 1.807) is 0 Å². The second-order valence-electron chi connectivity index (χ2n) is 5.48. The number of thiophene rings is 6. The fraction of sp³-hybridized carbons (Fsp3) is 0.125. The third-order valence-corrected chi connectivity index (χ3v) is 12.0. The van der Waals surface area contributed by atoms with Crippen molar-refractivity contribution >= 4 is 115 Å². The number of hydrogen-bond donors (Lipinski definition) is 0. The second kappa shape index (κ2) is 4.12. The summed E-state index contributed by atoms with van der Waals surface area (Å²) in [6.07, 6.45) is 0. The summed E-state index contributed by atoms with van der Waals surface area (Å²) >= 11 is 11.9. The van der Waals surface area contributed by atoms with E-state index in [-0.39, 0.29) is 0 Å². The van der Waals surface area contributed by atoms with Crippen LogP contribution in [0.5, 0.6) is 0 Å². The molecule has 0 radical (unpaired) electrons. The fourth-order valence-electron chi connectivity index (χ4n) is 3.05.